The smallest absolute Gasteiger partial charge is 0.244 e. The molecule has 1 heterocycles. The van der Waals surface area contributed by atoms with Crippen LogP contribution in [0.3, 0.4) is 0 Å². The second kappa shape index (κ2) is 7.09. The van der Waals surface area contributed by atoms with E-state index in [9.17, 15) is 9.18 Å². The number of amides is 1. The van der Waals surface area contributed by atoms with Crippen molar-refractivity contribution in [1.82, 2.24) is 21.2 Å². The summed E-state index contributed by atoms with van der Waals surface area (Å²) < 4.78 is 12.9. The van der Waals surface area contributed by atoms with Crippen LogP contribution in [0, 0.1) is 5.82 Å². The summed E-state index contributed by atoms with van der Waals surface area (Å²) in [5.41, 5.74) is 6.48. The van der Waals surface area contributed by atoms with Crippen LogP contribution in [0.5, 0.6) is 0 Å². The summed E-state index contributed by atoms with van der Waals surface area (Å²) >= 11 is 6.24. The average molecular weight is 324 g/mol. The minimum absolute atomic E-state index is 0.136. The zero-order valence-corrected chi connectivity index (χ0v) is 12.8. The Hall–Kier alpha value is -2.06. The highest BCUT2D eigenvalue weighted by Gasteiger charge is 2.09. The van der Waals surface area contributed by atoms with Crippen LogP contribution in [-0.2, 0) is 11.2 Å². The Kier molecular flexibility index (Phi) is 5.18. The molecule has 21 heavy (non-hydrogen) atoms. The van der Waals surface area contributed by atoms with Gasteiger partial charge in [-0.15, -0.1) is 11.3 Å². The van der Waals surface area contributed by atoms with Gasteiger partial charge in [0.15, 0.2) is 5.11 Å². The fraction of sp³-hybridized carbons (Fsp3) is 0.154. The molecule has 110 valence electrons. The number of carbonyl (C=O) groups is 1. The standard InChI is InChI=1S/C13H13FN4OS2/c1-15-13(20)18-17-11(19)6-10-7-21-12(16-10)8-2-4-9(14)5-3-8/h2-5,7H,6H2,1H3,(H,17,19)(H2,15,18,20). The van der Waals surface area contributed by atoms with E-state index in [0.29, 0.717) is 10.8 Å². The van der Waals surface area contributed by atoms with E-state index in [1.807, 2.05) is 0 Å². The molecule has 0 radical (unpaired) electrons. The number of hydrogen-bond donors (Lipinski definition) is 3. The Bertz CT molecular complexity index is 642. The maximum absolute atomic E-state index is 12.9. The molecule has 1 aromatic heterocycles. The molecule has 0 aliphatic rings. The second-order valence-corrected chi connectivity index (χ2v) is 5.35. The quantitative estimate of drug-likeness (QED) is 0.591. The van der Waals surface area contributed by atoms with Crippen molar-refractivity contribution in [2.45, 2.75) is 6.42 Å². The number of nitrogens with one attached hydrogen (secondary N) is 3. The summed E-state index contributed by atoms with van der Waals surface area (Å²) in [6.45, 7) is 0. The summed E-state index contributed by atoms with van der Waals surface area (Å²) in [5, 5.41) is 5.55. The molecule has 3 N–H and O–H groups in total. The monoisotopic (exact) mass is 324 g/mol. The van der Waals surface area contributed by atoms with Gasteiger partial charge in [0.05, 0.1) is 12.1 Å². The number of rotatable bonds is 3. The first-order valence-corrected chi connectivity index (χ1v) is 7.34. The highest BCUT2D eigenvalue weighted by molar-refractivity contribution is 7.80. The number of aromatic nitrogens is 1. The predicted octanol–water partition coefficient (Wildman–Crippen LogP) is 1.62. The maximum atomic E-state index is 12.9. The van der Waals surface area contributed by atoms with E-state index in [1.165, 1.54) is 23.5 Å². The van der Waals surface area contributed by atoms with E-state index in [0.717, 1.165) is 10.6 Å². The van der Waals surface area contributed by atoms with Crippen molar-refractivity contribution < 1.29 is 9.18 Å². The van der Waals surface area contributed by atoms with Crippen LogP contribution in [0.2, 0.25) is 0 Å². The van der Waals surface area contributed by atoms with Gasteiger partial charge >= 0.3 is 0 Å². The molecule has 1 aromatic carbocycles. The van der Waals surface area contributed by atoms with Crippen LogP contribution >= 0.6 is 23.6 Å². The number of thiocarbonyl (C=S) groups is 1. The summed E-state index contributed by atoms with van der Waals surface area (Å²) in [6.07, 6.45) is 0.136. The number of nitrogens with zero attached hydrogens (tertiary/aromatic N) is 1. The van der Waals surface area contributed by atoms with Crippen molar-refractivity contribution in [3.05, 3.63) is 41.2 Å². The van der Waals surface area contributed by atoms with Crippen molar-refractivity contribution in [3.63, 3.8) is 0 Å². The SMILES string of the molecule is CNC(=S)NNC(=O)Cc1csc(-c2ccc(F)cc2)n1. The first-order chi connectivity index (χ1) is 10.1. The minimum Gasteiger partial charge on any atom is -0.364 e. The Morgan fingerprint density at radius 3 is 2.71 bits per heavy atom. The third-order valence-corrected chi connectivity index (χ3v) is 3.77. The van der Waals surface area contributed by atoms with Crippen LogP contribution in [0.4, 0.5) is 4.39 Å². The molecule has 5 nitrogen and oxygen atoms in total. The molecular formula is C13H13FN4OS2. The van der Waals surface area contributed by atoms with E-state index in [-0.39, 0.29) is 18.1 Å². The number of hydrogen-bond acceptors (Lipinski definition) is 4. The lowest BCUT2D eigenvalue weighted by molar-refractivity contribution is -0.121. The second-order valence-electron chi connectivity index (χ2n) is 4.08. The molecule has 8 heteroatoms. The van der Waals surface area contributed by atoms with Gasteiger partial charge in [-0.25, -0.2) is 9.37 Å². The fourth-order valence-corrected chi connectivity index (χ4v) is 2.39. The molecule has 0 aliphatic carbocycles. The summed E-state index contributed by atoms with van der Waals surface area (Å²) in [5.74, 6) is -0.537. The average Bonchev–Trinajstić information content (AvgIpc) is 2.94. The molecule has 0 unspecified atom stereocenters. The Morgan fingerprint density at radius 1 is 1.33 bits per heavy atom. The van der Waals surface area contributed by atoms with Crippen molar-refractivity contribution in [3.8, 4) is 10.6 Å². The van der Waals surface area contributed by atoms with Gasteiger partial charge in [0, 0.05) is 18.0 Å². The molecular weight excluding hydrogens is 311 g/mol. The zero-order valence-electron chi connectivity index (χ0n) is 11.1. The number of halogens is 1. The van der Waals surface area contributed by atoms with Crippen LogP contribution in [0.1, 0.15) is 5.69 Å². The van der Waals surface area contributed by atoms with Gasteiger partial charge in [-0.1, -0.05) is 0 Å². The number of carbonyl (C=O) groups excluding carboxylic acids is 1. The highest BCUT2D eigenvalue weighted by Crippen LogP contribution is 2.23. The van der Waals surface area contributed by atoms with Crippen molar-refractivity contribution in [1.29, 1.82) is 0 Å². The number of benzene rings is 1. The lowest BCUT2D eigenvalue weighted by Gasteiger charge is -2.07. The van der Waals surface area contributed by atoms with Gasteiger partial charge in [0.1, 0.15) is 10.8 Å². The Morgan fingerprint density at radius 2 is 2.05 bits per heavy atom. The minimum atomic E-state index is -0.290. The van der Waals surface area contributed by atoms with Gasteiger partial charge in [-0.3, -0.25) is 15.6 Å². The molecule has 0 saturated heterocycles. The van der Waals surface area contributed by atoms with Gasteiger partial charge in [0.2, 0.25) is 5.91 Å². The van der Waals surface area contributed by atoms with Crippen LogP contribution in [0.15, 0.2) is 29.6 Å². The molecule has 1 amide bonds. The van der Waals surface area contributed by atoms with Crippen LogP contribution < -0.4 is 16.2 Å². The first kappa shape index (κ1) is 15.3. The van der Waals surface area contributed by atoms with E-state index >= 15 is 0 Å². The highest BCUT2D eigenvalue weighted by atomic mass is 32.1. The van der Waals surface area contributed by atoms with Gasteiger partial charge < -0.3 is 5.32 Å². The van der Waals surface area contributed by atoms with Gasteiger partial charge in [-0.05, 0) is 36.5 Å². The lowest BCUT2D eigenvalue weighted by Crippen LogP contribution is -2.46. The van der Waals surface area contributed by atoms with Gasteiger partial charge in [-0.2, -0.15) is 0 Å². The predicted molar refractivity (Wildman–Crippen MR) is 84.1 cm³/mol. The molecule has 0 bridgehead atoms. The number of thiazole rings is 1. The molecule has 0 atom stereocenters. The maximum Gasteiger partial charge on any atom is 0.244 e. The molecule has 0 aliphatic heterocycles. The molecule has 0 spiro atoms. The molecule has 2 rings (SSSR count). The van der Waals surface area contributed by atoms with Crippen LogP contribution in [0.25, 0.3) is 10.6 Å². The van der Waals surface area contributed by atoms with Crippen LogP contribution in [-0.4, -0.2) is 23.1 Å². The number of hydrazine groups is 1. The molecule has 2 aromatic rings. The van der Waals surface area contributed by atoms with E-state index in [2.05, 4.69) is 21.2 Å². The first-order valence-electron chi connectivity index (χ1n) is 6.05. The Labute approximate surface area is 130 Å². The molecule has 0 saturated carbocycles. The summed E-state index contributed by atoms with van der Waals surface area (Å²) in [7, 11) is 1.65. The van der Waals surface area contributed by atoms with Gasteiger partial charge in [0.25, 0.3) is 0 Å². The lowest BCUT2D eigenvalue weighted by atomic mass is 10.2. The topological polar surface area (TPSA) is 66.0 Å². The Balaban J connectivity index is 1.95. The van der Waals surface area contributed by atoms with E-state index < -0.39 is 0 Å². The zero-order chi connectivity index (χ0) is 15.2. The third-order valence-electron chi connectivity index (χ3n) is 2.53. The van der Waals surface area contributed by atoms with Crippen molar-refractivity contribution in [2.24, 2.45) is 0 Å². The summed E-state index contributed by atoms with van der Waals surface area (Å²) in [4.78, 5) is 16.0. The normalized spacial score (nSPS) is 10.0. The fourth-order valence-electron chi connectivity index (χ4n) is 1.51. The van der Waals surface area contributed by atoms with Crippen molar-refractivity contribution in [2.75, 3.05) is 7.05 Å². The van der Waals surface area contributed by atoms with E-state index in [1.54, 1.807) is 24.6 Å². The third kappa shape index (κ3) is 4.47. The summed E-state index contributed by atoms with van der Waals surface area (Å²) in [6, 6.07) is 6.08. The van der Waals surface area contributed by atoms with Crippen molar-refractivity contribution >= 4 is 34.6 Å². The molecule has 0 fully saturated rings. The van der Waals surface area contributed by atoms with E-state index in [4.69, 9.17) is 12.2 Å². The largest absolute Gasteiger partial charge is 0.364 e.